The highest BCUT2D eigenvalue weighted by Gasteiger charge is 2.15. The molecule has 1 heterocycles. The van der Waals surface area contributed by atoms with Crippen molar-refractivity contribution in [3.63, 3.8) is 0 Å². The number of ether oxygens (including phenoxy) is 2. The van der Waals surface area contributed by atoms with E-state index >= 15 is 0 Å². The first-order chi connectivity index (χ1) is 12.2. The number of rotatable bonds is 5. The van der Waals surface area contributed by atoms with Gasteiger partial charge in [-0.05, 0) is 37.3 Å². The zero-order valence-electron chi connectivity index (χ0n) is 14.2. The van der Waals surface area contributed by atoms with Crippen molar-refractivity contribution in [3.8, 4) is 34.0 Å². The van der Waals surface area contributed by atoms with Crippen LogP contribution in [0.1, 0.15) is 6.92 Å². The van der Waals surface area contributed by atoms with E-state index in [1.807, 2.05) is 37.3 Å². The third kappa shape index (κ3) is 3.19. The van der Waals surface area contributed by atoms with Crippen LogP contribution in [-0.4, -0.2) is 23.7 Å². The fraction of sp³-hybridized carbons (Fsp3) is 0.158. The van der Waals surface area contributed by atoms with Gasteiger partial charge in [0.1, 0.15) is 17.8 Å². The van der Waals surface area contributed by atoms with Crippen LogP contribution in [0.5, 0.6) is 11.5 Å². The summed E-state index contributed by atoms with van der Waals surface area (Å²) >= 11 is 0. The standard InChI is InChI=1S/C19H20N4O2/c1-3-25-16-7-5-4-6-12(16)14-10-15(23-11-22-14)18-13(20)8-9-17(24-2)19(18)21/h4-11H,3,20-21H2,1-2H3. The summed E-state index contributed by atoms with van der Waals surface area (Å²) < 4.78 is 11.0. The molecule has 3 rings (SSSR count). The molecule has 0 aliphatic rings. The summed E-state index contributed by atoms with van der Waals surface area (Å²) in [6.45, 7) is 2.52. The van der Waals surface area contributed by atoms with Crippen molar-refractivity contribution in [2.24, 2.45) is 0 Å². The predicted molar refractivity (Wildman–Crippen MR) is 99.4 cm³/mol. The number of nitrogens with zero attached hydrogens (tertiary/aromatic N) is 2. The van der Waals surface area contributed by atoms with Gasteiger partial charge in [-0.25, -0.2) is 9.97 Å². The molecule has 0 spiro atoms. The minimum atomic E-state index is 0.449. The van der Waals surface area contributed by atoms with E-state index in [2.05, 4.69) is 9.97 Å². The first-order valence-electron chi connectivity index (χ1n) is 7.92. The van der Waals surface area contributed by atoms with Crippen molar-refractivity contribution in [1.29, 1.82) is 0 Å². The Labute approximate surface area is 146 Å². The van der Waals surface area contributed by atoms with Crippen molar-refractivity contribution >= 4 is 11.4 Å². The van der Waals surface area contributed by atoms with E-state index in [0.717, 1.165) is 17.0 Å². The van der Waals surface area contributed by atoms with E-state index in [4.69, 9.17) is 20.9 Å². The Bertz CT molecular complexity index is 896. The van der Waals surface area contributed by atoms with Gasteiger partial charge in [0.05, 0.1) is 36.4 Å². The molecular weight excluding hydrogens is 316 g/mol. The Kier molecular flexibility index (Phi) is 4.70. The monoisotopic (exact) mass is 336 g/mol. The van der Waals surface area contributed by atoms with Crippen molar-refractivity contribution in [3.05, 3.63) is 48.8 Å². The van der Waals surface area contributed by atoms with Gasteiger partial charge >= 0.3 is 0 Å². The third-order valence-electron chi connectivity index (χ3n) is 3.84. The smallest absolute Gasteiger partial charge is 0.142 e. The lowest BCUT2D eigenvalue weighted by atomic mass is 10.0. The largest absolute Gasteiger partial charge is 0.495 e. The van der Waals surface area contributed by atoms with Gasteiger partial charge in [-0.3, -0.25) is 0 Å². The molecule has 2 aromatic carbocycles. The van der Waals surface area contributed by atoms with Crippen LogP contribution in [0.3, 0.4) is 0 Å². The lowest BCUT2D eigenvalue weighted by Crippen LogP contribution is -2.01. The molecule has 3 aromatic rings. The lowest BCUT2D eigenvalue weighted by Gasteiger charge is -2.14. The average Bonchev–Trinajstić information content (AvgIpc) is 2.63. The Hall–Kier alpha value is -3.28. The van der Waals surface area contributed by atoms with Crippen molar-refractivity contribution < 1.29 is 9.47 Å². The van der Waals surface area contributed by atoms with Gasteiger partial charge in [-0.2, -0.15) is 0 Å². The first-order valence-corrected chi connectivity index (χ1v) is 7.92. The molecule has 0 amide bonds. The fourth-order valence-electron chi connectivity index (χ4n) is 2.68. The van der Waals surface area contributed by atoms with E-state index in [1.165, 1.54) is 6.33 Å². The van der Waals surface area contributed by atoms with Crippen molar-refractivity contribution in [2.45, 2.75) is 6.92 Å². The van der Waals surface area contributed by atoms with E-state index < -0.39 is 0 Å². The number of hydrogen-bond donors (Lipinski definition) is 2. The summed E-state index contributed by atoms with van der Waals surface area (Å²) in [6, 6.07) is 13.1. The Morgan fingerprint density at radius 3 is 2.48 bits per heavy atom. The molecule has 4 N–H and O–H groups in total. The molecule has 0 saturated carbocycles. The second-order valence-corrected chi connectivity index (χ2v) is 5.36. The molecule has 6 heteroatoms. The van der Waals surface area contributed by atoms with Gasteiger partial charge in [0.25, 0.3) is 0 Å². The van der Waals surface area contributed by atoms with E-state index in [-0.39, 0.29) is 0 Å². The van der Waals surface area contributed by atoms with Gasteiger partial charge in [-0.15, -0.1) is 0 Å². The number of aromatic nitrogens is 2. The Morgan fingerprint density at radius 2 is 1.72 bits per heavy atom. The molecule has 0 fully saturated rings. The number of nitrogen functional groups attached to an aromatic ring is 2. The maximum absolute atomic E-state index is 6.20. The zero-order valence-corrected chi connectivity index (χ0v) is 14.2. The highest BCUT2D eigenvalue weighted by atomic mass is 16.5. The maximum Gasteiger partial charge on any atom is 0.142 e. The van der Waals surface area contributed by atoms with Crippen LogP contribution in [0.2, 0.25) is 0 Å². The fourth-order valence-corrected chi connectivity index (χ4v) is 2.68. The number of anilines is 2. The quantitative estimate of drug-likeness (QED) is 0.693. The molecular formula is C19H20N4O2. The number of nitrogens with two attached hydrogens (primary N) is 2. The second-order valence-electron chi connectivity index (χ2n) is 5.36. The molecule has 0 radical (unpaired) electrons. The highest BCUT2D eigenvalue weighted by molar-refractivity contribution is 5.89. The van der Waals surface area contributed by atoms with Crippen LogP contribution in [0.4, 0.5) is 11.4 Å². The van der Waals surface area contributed by atoms with Gasteiger partial charge in [0, 0.05) is 11.3 Å². The molecule has 0 atom stereocenters. The maximum atomic E-state index is 6.20. The van der Waals surface area contributed by atoms with Crippen molar-refractivity contribution in [2.75, 3.05) is 25.2 Å². The Morgan fingerprint density at radius 1 is 0.960 bits per heavy atom. The van der Waals surface area contributed by atoms with Gasteiger partial charge in [0.2, 0.25) is 0 Å². The SMILES string of the molecule is CCOc1ccccc1-c1cc(-c2c(N)ccc(OC)c2N)ncn1. The predicted octanol–water partition coefficient (Wildman–Crippen LogP) is 3.38. The van der Waals surface area contributed by atoms with Crippen LogP contribution in [0.25, 0.3) is 22.5 Å². The molecule has 6 nitrogen and oxygen atoms in total. The summed E-state index contributed by atoms with van der Waals surface area (Å²) in [7, 11) is 1.56. The Balaban J connectivity index is 2.13. The topological polar surface area (TPSA) is 96.3 Å². The number of para-hydroxylation sites is 1. The number of hydrogen-bond acceptors (Lipinski definition) is 6. The van der Waals surface area contributed by atoms with Crippen LogP contribution in [0, 0.1) is 0 Å². The average molecular weight is 336 g/mol. The molecule has 0 aliphatic heterocycles. The van der Waals surface area contributed by atoms with E-state index in [0.29, 0.717) is 35.0 Å². The highest BCUT2D eigenvalue weighted by Crippen LogP contribution is 2.38. The number of benzene rings is 2. The summed E-state index contributed by atoms with van der Waals surface area (Å²) in [5, 5.41) is 0. The molecule has 1 aromatic heterocycles. The molecule has 25 heavy (non-hydrogen) atoms. The molecule has 0 bridgehead atoms. The summed E-state index contributed by atoms with van der Waals surface area (Å²) in [6.07, 6.45) is 1.49. The summed E-state index contributed by atoms with van der Waals surface area (Å²) in [4.78, 5) is 8.72. The first kappa shape index (κ1) is 16.6. The summed E-state index contributed by atoms with van der Waals surface area (Å²) in [5.74, 6) is 1.32. The van der Waals surface area contributed by atoms with Crippen LogP contribution < -0.4 is 20.9 Å². The molecule has 0 aliphatic carbocycles. The normalized spacial score (nSPS) is 10.5. The number of methoxy groups -OCH3 is 1. The van der Waals surface area contributed by atoms with Crippen molar-refractivity contribution in [1.82, 2.24) is 9.97 Å². The van der Waals surface area contributed by atoms with Crippen LogP contribution >= 0.6 is 0 Å². The van der Waals surface area contributed by atoms with Gasteiger partial charge < -0.3 is 20.9 Å². The zero-order chi connectivity index (χ0) is 17.8. The van der Waals surface area contributed by atoms with E-state index in [1.54, 1.807) is 19.2 Å². The van der Waals surface area contributed by atoms with Gasteiger partial charge in [-0.1, -0.05) is 12.1 Å². The van der Waals surface area contributed by atoms with Gasteiger partial charge in [0.15, 0.2) is 0 Å². The van der Waals surface area contributed by atoms with Crippen LogP contribution in [-0.2, 0) is 0 Å². The third-order valence-corrected chi connectivity index (χ3v) is 3.84. The molecule has 128 valence electrons. The molecule has 0 unspecified atom stereocenters. The lowest BCUT2D eigenvalue weighted by molar-refractivity contribution is 0.341. The summed E-state index contributed by atoms with van der Waals surface area (Å²) in [5.41, 5.74) is 16.2. The van der Waals surface area contributed by atoms with Crippen LogP contribution in [0.15, 0.2) is 48.8 Å². The second kappa shape index (κ2) is 7.09. The molecule has 0 saturated heterocycles. The van der Waals surface area contributed by atoms with E-state index in [9.17, 15) is 0 Å². The minimum Gasteiger partial charge on any atom is -0.495 e. The minimum absolute atomic E-state index is 0.449.